The number of methoxy groups -OCH3 is 2. The molecule has 0 unspecified atom stereocenters. The van der Waals surface area contributed by atoms with Crippen LogP contribution in [0, 0.1) is 5.92 Å². The Hall–Kier alpha value is -3.13. The third-order valence-corrected chi connectivity index (χ3v) is 6.65. The maximum atomic E-state index is 13.4. The summed E-state index contributed by atoms with van der Waals surface area (Å²) >= 11 is 0. The number of likely N-dealkylation sites (tertiary alicyclic amines) is 1. The Bertz CT molecular complexity index is 1240. The molecule has 2 saturated heterocycles. The molecule has 174 valence electrons. The molecule has 0 N–H and O–H groups in total. The Kier molecular flexibility index (Phi) is 5.48. The van der Waals surface area contributed by atoms with E-state index in [0.717, 1.165) is 53.2 Å². The monoisotopic (exact) mass is 452 g/mol. The van der Waals surface area contributed by atoms with Crippen LogP contribution in [-0.2, 0) is 13.6 Å². The van der Waals surface area contributed by atoms with Crippen molar-refractivity contribution in [2.24, 2.45) is 13.0 Å². The minimum absolute atomic E-state index is 0.123. The number of aromatic nitrogens is 2. The molecule has 0 saturated carbocycles. The van der Waals surface area contributed by atoms with Crippen molar-refractivity contribution in [3.8, 4) is 22.6 Å². The Balaban J connectivity index is 1.63. The lowest BCUT2D eigenvalue weighted by molar-refractivity contribution is 0.103. The zero-order valence-corrected chi connectivity index (χ0v) is 19.5. The largest absolute Gasteiger partial charge is 0.496 e. The van der Waals surface area contributed by atoms with Crippen LogP contribution in [0.1, 0.15) is 12.5 Å². The first-order chi connectivity index (χ1) is 15.9. The van der Waals surface area contributed by atoms with Crippen LogP contribution in [0.15, 0.2) is 35.4 Å². The van der Waals surface area contributed by atoms with Gasteiger partial charge in [0, 0.05) is 50.0 Å². The van der Waals surface area contributed by atoms with Gasteiger partial charge in [0.1, 0.15) is 23.5 Å². The summed E-state index contributed by atoms with van der Waals surface area (Å²) in [5, 5.41) is 1.30. The molecule has 0 bridgehead atoms. The van der Waals surface area contributed by atoms with Gasteiger partial charge in [-0.1, -0.05) is 6.92 Å². The molecule has 0 radical (unpaired) electrons. The predicted octanol–water partition coefficient (Wildman–Crippen LogP) is 3.23. The summed E-state index contributed by atoms with van der Waals surface area (Å²) in [5.41, 5.74) is 2.65. The number of anilines is 1. The number of nitrogens with zero attached hydrogens (tertiary/aromatic N) is 4. The molecule has 0 aliphatic carbocycles. The van der Waals surface area contributed by atoms with Crippen molar-refractivity contribution in [1.29, 1.82) is 0 Å². The van der Waals surface area contributed by atoms with Gasteiger partial charge < -0.3 is 18.9 Å². The minimum Gasteiger partial charge on any atom is -0.496 e. The molecule has 2 aromatic heterocycles. The van der Waals surface area contributed by atoms with Crippen LogP contribution in [0.2, 0.25) is 0 Å². The van der Waals surface area contributed by atoms with E-state index in [2.05, 4.69) is 16.8 Å². The second kappa shape index (κ2) is 8.33. The molecule has 0 amide bonds. The number of ether oxygens (including phenoxy) is 2. The standard InChI is InChI=1S/C25H29FN4O3/c1-15-9-29(10-15)14-21-22(32-3)5-16(6-23(21)33-4)20-13-28(2)25(31)19-8-27-24(7-18(19)20)30-11-17(26)12-30/h5-8,13,15,17H,9-12,14H2,1-4H3. The first kappa shape index (κ1) is 21.7. The summed E-state index contributed by atoms with van der Waals surface area (Å²) < 4.78 is 26.5. The molecule has 2 aliphatic heterocycles. The Morgan fingerprint density at radius 1 is 1.06 bits per heavy atom. The van der Waals surface area contributed by atoms with Crippen molar-refractivity contribution in [2.75, 3.05) is 45.3 Å². The number of pyridine rings is 2. The number of alkyl halides is 1. The molecule has 33 heavy (non-hydrogen) atoms. The maximum Gasteiger partial charge on any atom is 0.259 e. The molecule has 1 aromatic carbocycles. The number of hydrogen-bond donors (Lipinski definition) is 0. The summed E-state index contributed by atoms with van der Waals surface area (Å²) in [5.74, 6) is 2.89. The molecule has 4 heterocycles. The third kappa shape index (κ3) is 3.82. The van der Waals surface area contributed by atoms with Gasteiger partial charge in [0.2, 0.25) is 0 Å². The average Bonchev–Trinajstić information content (AvgIpc) is 2.77. The Labute approximate surface area is 192 Å². The van der Waals surface area contributed by atoms with Crippen LogP contribution < -0.4 is 19.9 Å². The zero-order chi connectivity index (χ0) is 23.3. The topological polar surface area (TPSA) is 59.8 Å². The fraction of sp³-hybridized carbons (Fsp3) is 0.440. The van der Waals surface area contributed by atoms with E-state index in [1.165, 1.54) is 0 Å². The summed E-state index contributed by atoms with van der Waals surface area (Å²) in [6, 6.07) is 5.88. The highest BCUT2D eigenvalue weighted by atomic mass is 19.1. The second-order valence-electron chi connectivity index (χ2n) is 9.21. The summed E-state index contributed by atoms with van der Waals surface area (Å²) in [6.07, 6.45) is 2.59. The number of benzene rings is 1. The van der Waals surface area contributed by atoms with E-state index in [-0.39, 0.29) is 5.56 Å². The van der Waals surface area contributed by atoms with E-state index in [1.807, 2.05) is 29.3 Å². The first-order valence-corrected chi connectivity index (χ1v) is 11.2. The van der Waals surface area contributed by atoms with Crippen LogP contribution in [0.25, 0.3) is 21.9 Å². The number of halogens is 1. The van der Waals surface area contributed by atoms with Crippen molar-refractivity contribution in [1.82, 2.24) is 14.5 Å². The average molecular weight is 453 g/mol. The number of fused-ring (bicyclic) bond motifs is 1. The molecule has 0 atom stereocenters. The Morgan fingerprint density at radius 3 is 2.30 bits per heavy atom. The van der Waals surface area contributed by atoms with E-state index in [0.29, 0.717) is 30.2 Å². The predicted molar refractivity (Wildman–Crippen MR) is 127 cm³/mol. The Morgan fingerprint density at radius 2 is 1.73 bits per heavy atom. The SMILES string of the molecule is COc1cc(-c2cn(C)c(=O)c3cnc(N4CC(F)C4)cc23)cc(OC)c1CN1CC(C)C1. The van der Waals surface area contributed by atoms with E-state index >= 15 is 0 Å². The molecule has 7 nitrogen and oxygen atoms in total. The fourth-order valence-corrected chi connectivity index (χ4v) is 4.84. The van der Waals surface area contributed by atoms with Crippen molar-refractivity contribution < 1.29 is 13.9 Å². The molecule has 5 rings (SSSR count). The first-order valence-electron chi connectivity index (χ1n) is 11.2. The van der Waals surface area contributed by atoms with Crippen molar-refractivity contribution in [3.63, 3.8) is 0 Å². The van der Waals surface area contributed by atoms with Crippen LogP contribution in [0.3, 0.4) is 0 Å². The maximum absolute atomic E-state index is 13.4. The summed E-state index contributed by atoms with van der Waals surface area (Å²) in [4.78, 5) is 21.5. The third-order valence-electron chi connectivity index (χ3n) is 6.65. The minimum atomic E-state index is -0.832. The highest BCUT2D eigenvalue weighted by molar-refractivity contribution is 5.97. The molecular formula is C25H29FN4O3. The van der Waals surface area contributed by atoms with Gasteiger partial charge in [-0.3, -0.25) is 9.69 Å². The van der Waals surface area contributed by atoms with Crippen LogP contribution in [0.4, 0.5) is 10.2 Å². The lowest BCUT2D eigenvalue weighted by atomic mass is 9.97. The van der Waals surface area contributed by atoms with E-state index < -0.39 is 6.17 Å². The molecule has 0 spiro atoms. The lowest BCUT2D eigenvalue weighted by Crippen LogP contribution is -2.48. The molecular weight excluding hydrogens is 423 g/mol. The molecule has 2 fully saturated rings. The molecule has 8 heteroatoms. The normalized spacial score (nSPS) is 17.2. The van der Waals surface area contributed by atoms with Gasteiger partial charge in [0.05, 0.1) is 38.3 Å². The van der Waals surface area contributed by atoms with Gasteiger partial charge in [-0.15, -0.1) is 0 Å². The van der Waals surface area contributed by atoms with E-state index in [4.69, 9.17) is 9.47 Å². The molecule has 3 aromatic rings. The quantitative estimate of drug-likeness (QED) is 0.572. The van der Waals surface area contributed by atoms with Gasteiger partial charge in [-0.05, 0) is 29.7 Å². The van der Waals surface area contributed by atoms with E-state index in [9.17, 15) is 9.18 Å². The van der Waals surface area contributed by atoms with Crippen molar-refractivity contribution >= 4 is 16.6 Å². The summed E-state index contributed by atoms with van der Waals surface area (Å²) in [7, 11) is 5.06. The summed E-state index contributed by atoms with van der Waals surface area (Å²) in [6.45, 7) is 5.78. The number of aryl methyl sites for hydroxylation is 1. The van der Waals surface area contributed by atoms with Gasteiger partial charge in [0.25, 0.3) is 5.56 Å². The highest BCUT2D eigenvalue weighted by Crippen LogP contribution is 2.39. The van der Waals surface area contributed by atoms with Gasteiger partial charge >= 0.3 is 0 Å². The molecule has 2 aliphatic rings. The van der Waals surface area contributed by atoms with Gasteiger partial charge in [-0.2, -0.15) is 0 Å². The second-order valence-corrected chi connectivity index (χ2v) is 9.21. The van der Waals surface area contributed by atoms with Crippen LogP contribution in [0.5, 0.6) is 11.5 Å². The zero-order valence-electron chi connectivity index (χ0n) is 19.5. The number of hydrogen-bond acceptors (Lipinski definition) is 6. The van der Waals surface area contributed by atoms with E-state index in [1.54, 1.807) is 32.0 Å². The lowest BCUT2D eigenvalue weighted by Gasteiger charge is -2.37. The highest BCUT2D eigenvalue weighted by Gasteiger charge is 2.28. The van der Waals surface area contributed by atoms with Crippen LogP contribution >= 0.6 is 0 Å². The smallest absolute Gasteiger partial charge is 0.259 e. The number of rotatable bonds is 6. The van der Waals surface area contributed by atoms with Crippen molar-refractivity contribution in [2.45, 2.75) is 19.6 Å². The fourth-order valence-electron chi connectivity index (χ4n) is 4.84. The van der Waals surface area contributed by atoms with Crippen molar-refractivity contribution in [3.05, 3.63) is 46.5 Å². The van der Waals surface area contributed by atoms with Gasteiger partial charge in [0.15, 0.2) is 0 Å². The van der Waals surface area contributed by atoms with Crippen LogP contribution in [-0.4, -0.2) is 61.0 Å². The van der Waals surface area contributed by atoms with Gasteiger partial charge in [-0.25, -0.2) is 9.37 Å².